The number of piperazine rings is 1. The molecule has 1 aromatic rings. The second kappa shape index (κ2) is 6.70. The van der Waals surface area contributed by atoms with Crippen LogP contribution in [0.3, 0.4) is 0 Å². The van der Waals surface area contributed by atoms with Crippen molar-refractivity contribution in [3.8, 4) is 0 Å². The van der Waals surface area contributed by atoms with Gasteiger partial charge in [0.05, 0.1) is 5.56 Å². The van der Waals surface area contributed by atoms with Gasteiger partial charge in [-0.3, -0.25) is 9.78 Å². The Labute approximate surface area is 117 Å². The first-order valence-corrected chi connectivity index (χ1v) is 6.44. The van der Waals surface area contributed by atoms with Crippen LogP contribution in [0.2, 0.25) is 0 Å². The second-order valence-corrected chi connectivity index (χ2v) is 4.39. The minimum absolute atomic E-state index is 0.0581. The van der Waals surface area contributed by atoms with E-state index < -0.39 is 0 Å². The van der Waals surface area contributed by atoms with Crippen molar-refractivity contribution in [2.24, 2.45) is 0 Å². The number of hydrogen-bond donors (Lipinski definition) is 0. The van der Waals surface area contributed by atoms with Gasteiger partial charge in [0.2, 0.25) is 0 Å². The smallest absolute Gasteiger partial charge is 0.410 e. The standard InChI is InChI=1S/C14H17N3O3/c1-2-10-20-14(19)17-8-6-16(7-9-17)13(18)12-4-3-5-15-11-12/h2-5,11H,1,6-10H2. The second-order valence-electron chi connectivity index (χ2n) is 4.39. The zero-order chi connectivity index (χ0) is 14.4. The molecule has 1 saturated heterocycles. The lowest BCUT2D eigenvalue weighted by atomic mass is 10.2. The first-order valence-electron chi connectivity index (χ1n) is 6.44. The molecule has 0 aliphatic carbocycles. The van der Waals surface area contributed by atoms with Gasteiger partial charge in [0, 0.05) is 38.6 Å². The number of rotatable bonds is 3. The van der Waals surface area contributed by atoms with Gasteiger partial charge in [-0.25, -0.2) is 4.79 Å². The third-order valence-electron chi connectivity index (χ3n) is 3.06. The fraction of sp³-hybridized carbons (Fsp3) is 0.357. The Bertz CT molecular complexity index is 482. The maximum Gasteiger partial charge on any atom is 0.410 e. The molecule has 1 aromatic heterocycles. The van der Waals surface area contributed by atoms with Crippen molar-refractivity contribution in [2.45, 2.75) is 0 Å². The summed E-state index contributed by atoms with van der Waals surface area (Å²) in [6, 6.07) is 3.47. The van der Waals surface area contributed by atoms with Gasteiger partial charge in [0.1, 0.15) is 6.61 Å². The SMILES string of the molecule is C=CCOC(=O)N1CCN(C(=O)c2cccnc2)CC1. The Hall–Kier alpha value is -2.37. The predicted octanol–water partition coefficient (Wildman–Crippen LogP) is 1.16. The third kappa shape index (κ3) is 3.34. The maximum atomic E-state index is 12.2. The molecule has 6 nitrogen and oxygen atoms in total. The number of hydrogen-bond acceptors (Lipinski definition) is 4. The molecule has 0 spiro atoms. The summed E-state index contributed by atoms with van der Waals surface area (Å²) in [4.78, 5) is 31.1. The van der Waals surface area contributed by atoms with Crippen LogP contribution in [0.25, 0.3) is 0 Å². The average molecular weight is 275 g/mol. The number of nitrogens with zero attached hydrogens (tertiary/aromatic N) is 3. The Kier molecular flexibility index (Phi) is 4.70. The van der Waals surface area contributed by atoms with Crippen LogP contribution >= 0.6 is 0 Å². The molecule has 0 aromatic carbocycles. The molecule has 1 aliphatic heterocycles. The Morgan fingerprint density at radius 3 is 2.60 bits per heavy atom. The van der Waals surface area contributed by atoms with Crippen LogP contribution in [0, 0.1) is 0 Å². The van der Waals surface area contributed by atoms with E-state index >= 15 is 0 Å². The van der Waals surface area contributed by atoms with E-state index in [4.69, 9.17) is 4.74 Å². The summed E-state index contributed by atoms with van der Waals surface area (Å²) >= 11 is 0. The van der Waals surface area contributed by atoms with Crippen molar-refractivity contribution >= 4 is 12.0 Å². The Morgan fingerprint density at radius 1 is 1.30 bits per heavy atom. The number of aromatic nitrogens is 1. The summed E-state index contributed by atoms with van der Waals surface area (Å²) in [5.74, 6) is -0.0581. The molecule has 0 bridgehead atoms. The number of ether oxygens (including phenoxy) is 1. The summed E-state index contributed by atoms with van der Waals surface area (Å²) in [5.41, 5.74) is 0.565. The lowest BCUT2D eigenvalue weighted by Crippen LogP contribution is -2.50. The fourth-order valence-corrected chi connectivity index (χ4v) is 1.99. The van der Waals surface area contributed by atoms with E-state index in [9.17, 15) is 9.59 Å². The molecule has 1 fully saturated rings. The van der Waals surface area contributed by atoms with Gasteiger partial charge < -0.3 is 14.5 Å². The van der Waals surface area contributed by atoms with Gasteiger partial charge in [-0.15, -0.1) is 0 Å². The summed E-state index contributed by atoms with van der Waals surface area (Å²) in [6.07, 6.45) is 4.34. The van der Waals surface area contributed by atoms with Gasteiger partial charge in [-0.1, -0.05) is 12.7 Å². The van der Waals surface area contributed by atoms with Crippen molar-refractivity contribution in [2.75, 3.05) is 32.8 Å². The largest absolute Gasteiger partial charge is 0.445 e. The molecule has 2 rings (SSSR count). The number of carbonyl (C=O) groups is 2. The summed E-state index contributed by atoms with van der Waals surface area (Å²) in [5, 5.41) is 0. The van der Waals surface area contributed by atoms with Crippen molar-refractivity contribution in [1.82, 2.24) is 14.8 Å². The van der Waals surface area contributed by atoms with E-state index in [1.807, 2.05) is 0 Å². The van der Waals surface area contributed by atoms with Gasteiger partial charge in [0.25, 0.3) is 5.91 Å². The van der Waals surface area contributed by atoms with Gasteiger partial charge in [-0.2, -0.15) is 0 Å². The van der Waals surface area contributed by atoms with Crippen molar-refractivity contribution in [1.29, 1.82) is 0 Å². The molecule has 1 aliphatic rings. The molecule has 0 radical (unpaired) electrons. The minimum Gasteiger partial charge on any atom is -0.445 e. The van der Waals surface area contributed by atoms with E-state index in [0.717, 1.165) is 0 Å². The summed E-state index contributed by atoms with van der Waals surface area (Å²) in [6.45, 7) is 5.64. The van der Waals surface area contributed by atoms with Crippen LogP contribution in [0.1, 0.15) is 10.4 Å². The van der Waals surface area contributed by atoms with Crippen LogP contribution in [-0.4, -0.2) is 59.6 Å². The number of carbonyl (C=O) groups excluding carboxylic acids is 2. The zero-order valence-corrected chi connectivity index (χ0v) is 11.2. The highest BCUT2D eigenvalue weighted by atomic mass is 16.6. The Morgan fingerprint density at radius 2 is 2.00 bits per heavy atom. The lowest BCUT2D eigenvalue weighted by Gasteiger charge is -2.34. The van der Waals surface area contributed by atoms with E-state index in [1.165, 1.54) is 6.08 Å². The quantitative estimate of drug-likeness (QED) is 0.777. The fourth-order valence-electron chi connectivity index (χ4n) is 1.99. The van der Waals surface area contributed by atoms with Gasteiger partial charge >= 0.3 is 6.09 Å². The van der Waals surface area contributed by atoms with Crippen LogP contribution in [0.15, 0.2) is 37.2 Å². The Balaban J connectivity index is 1.86. The van der Waals surface area contributed by atoms with Crippen molar-refractivity contribution in [3.63, 3.8) is 0 Å². The maximum absolute atomic E-state index is 12.2. The topological polar surface area (TPSA) is 62.7 Å². The van der Waals surface area contributed by atoms with Gasteiger partial charge in [-0.05, 0) is 12.1 Å². The van der Waals surface area contributed by atoms with Crippen LogP contribution < -0.4 is 0 Å². The van der Waals surface area contributed by atoms with Crippen LogP contribution in [-0.2, 0) is 4.74 Å². The average Bonchev–Trinajstić information content (AvgIpc) is 2.53. The highest BCUT2D eigenvalue weighted by Crippen LogP contribution is 2.08. The molecule has 2 amide bonds. The molecule has 0 saturated carbocycles. The highest BCUT2D eigenvalue weighted by Gasteiger charge is 2.25. The molecule has 6 heteroatoms. The molecule has 106 valence electrons. The first kappa shape index (κ1) is 14.0. The summed E-state index contributed by atoms with van der Waals surface area (Å²) < 4.78 is 4.97. The third-order valence-corrected chi connectivity index (χ3v) is 3.06. The lowest BCUT2D eigenvalue weighted by molar-refractivity contribution is 0.0580. The predicted molar refractivity (Wildman–Crippen MR) is 73.3 cm³/mol. The molecule has 0 atom stereocenters. The van der Waals surface area contributed by atoms with E-state index in [-0.39, 0.29) is 18.6 Å². The van der Waals surface area contributed by atoms with Crippen LogP contribution in [0.5, 0.6) is 0 Å². The molecule has 0 N–H and O–H groups in total. The normalized spacial score (nSPS) is 14.8. The van der Waals surface area contributed by atoms with Gasteiger partial charge in [0.15, 0.2) is 0 Å². The van der Waals surface area contributed by atoms with E-state index in [1.54, 1.807) is 34.3 Å². The van der Waals surface area contributed by atoms with Crippen molar-refractivity contribution < 1.29 is 14.3 Å². The monoisotopic (exact) mass is 275 g/mol. The highest BCUT2D eigenvalue weighted by molar-refractivity contribution is 5.94. The molecule has 20 heavy (non-hydrogen) atoms. The van der Waals surface area contributed by atoms with Crippen LogP contribution in [0.4, 0.5) is 4.79 Å². The van der Waals surface area contributed by atoms with Crippen molar-refractivity contribution in [3.05, 3.63) is 42.7 Å². The molecule has 2 heterocycles. The first-order chi connectivity index (χ1) is 9.72. The molecular weight excluding hydrogens is 258 g/mol. The summed E-state index contributed by atoms with van der Waals surface area (Å²) in [7, 11) is 0. The number of pyridine rings is 1. The van der Waals surface area contributed by atoms with E-state index in [2.05, 4.69) is 11.6 Å². The number of amides is 2. The zero-order valence-electron chi connectivity index (χ0n) is 11.2. The molecular formula is C14H17N3O3. The van der Waals surface area contributed by atoms with E-state index in [0.29, 0.717) is 31.7 Å². The molecule has 0 unspecified atom stereocenters. The minimum atomic E-state index is -0.363.